The van der Waals surface area contributed by atoms with Gasteiger partial charge in [-0.15, -0.1) is 11.6 Å². The number of halogens is 1. The molecule has 0 aromatic heterocycles. The van der Waals surface area contributed by atoms with Crippen LogP contribution in [0.3, 0.4) is 0 Å². The zero-order valence-electron chi connectivity index (χ0n) is 7.29. The second-order valence-corrected chi connectivity index (χ2v) is 3.91. The summed E-state index contributed by atoms with van der Waals surface area (Å²) in [7, 11) is 0. The molecule has 2 rings (SSSR count). The summed E-state index contributed by atoms with van der Waals surface area (Å²) in [5, 5.41) is -0.316. The van der Waals surface area contributed by atoms with E-state index in [0.29, 0.717) is 0 Å². The minimum absolute atomic E-state index is 0.0924. The normalized spacial score (nSPS) is 22.2. The van der Waals surface area contributed by atoms with Crippen molar-refractivity contribution in [1.29, 1.82) is 0 Å². The van der Waals surface area contributed by atoms with Gasteiger partial charge in [0, 0.05) is 5.56 Å². The fourth-order valence-electron chi connectivity index (χ4n) is 1.75. The Kier molecular flexibility index (Phi) is 2.36. The third-order valence-corrected chi connectivity index (χ3v) is 2.89. The van der Waals surface area contributed by atoms with E-state index in [-0.39, 0.29) is 11.2 Å². The molecule has 0 saturated heterocycles. The largest absolute Gasteiger partial charge is 0.292 e. The van der Waals surface area contributed by atoms with Gasteiger partial charge in [-0.3, -0.25) is 4.79 Å². The van der Waals surface area contributed by atoms with Crippen molar-refractivity contribution < 1.29 is 4.79 Å². The SMILES string of the molecule is O=C1c2ccccc2CCCC1Cl. The molecular weight excluding hydrogens is 184 g/mol. The number of aryl methyl sites for hydroxylation is 1. The van der Waals surface area contributed by atoms with Crippen molar-refractivity contribution in [2.75, 3.05) is 0 Å². The topological polar surface area (TPSA) is 17.1 Å². The second kappa shape index (κ2) is 3.51. The van der Waals surface area contributed by atoms with Crippen LogP contribution in [0.1, 0.15) is 28.8 Å². The van der Waals surface area contributed by atoms with Gasteiger partial charge in [0.15, 0.2) is 5.78 Å². The van der Waals surface area contributed by atoms with Crippen LogP contribution in [0.25, 0.3) is 0 Å². The van der Waals surface area contributed by atoms with E-state index < -0.39 is 0 Å². The van der Waals surface area contributed by atoms with E-state index in [1.54, 1.807) is 0 Å². The molecule has 0 saturated carbocycles. The summed E-state index contributed by atoms with van der Waals surface area (Å²) in [5.41, 5.74) is 1.97. The molecule has 1 aromatic carbocycles. The van der Waals surface area contributed by atoms with E-state index in [1.165, 1.54) is 0 Å². The Hall–Kier alpha value is -0.820. The quantitative estimate of drug-likeness (QED) is 0.459. The summed E-state index contributed by atoms with van der Waals surface area (Å²) >= 11 is 5.95. The van der Waals surface area contributed by atoms with Gasteiger partial charge in [0.1, 0.15) is 0 Å². The summed E-state index contributed by atoms with van der Waals surface area (Å²) in [6.45, 7) is 0. The molecular formula is C11H11ClO. The molecule has 1 unspecified atom stereocenters. The summed E-state index contributed by atoms with van der Waals surface area (Å²) in [6, 6.07) is 7.76. The van der Waals surface area contributed by atoms with Crippen LogP contribution in [0, 0.1) is 0 Å². The van der Waals surface area contributed by atoms with Crippen molar-refractivity contribution in [2.45, 2.75) is 24.6 Å². The van der Waals surface area contributed by atoms with Crippen LogP contribution in [0.2, 0.25) is 0 Å². The molecule has 13 heavy (non-hydrogen) atoms. The summed E-state index contributed by atoms with van der Waals surface area (Å²) < 4.78 is 0. The van der Waals surface area contributed by atoms with E-state index in [9.17, 15) is 4.79 Å². The number of alkyl halides is 1. The first-order valence-corrected chi connectivity index (χ1v) is 4.99. The average Bonchev–Trinajstić information content (AvgIpc) is 2.29. The highest BCUT2D eigenvalue weighted by Gasteiger charge is 2.22. The lowest BCUT2D eigenvalue weighted by molar-refractivity contribution is 0.0986. The third kappa shape index (κ3) is 1.61. The second-order valence-electron chi connectivity index (χ2n) is 3.38. The smallest absolute Gasteiger partial charge is 0.180 e. The maximum atomic E-state index is 11.7. The van der Waals surface area contributed by atoms with E-state index in [0.717, 1.165) is 30.4 Å². The van der Waals surface area contributed by atoms with Crippen molar-refractivity contribution in [3.63, 3.8) is 0 Å². The molecule has 1 aliphatic rings. The van der Waals surface area contributed by atoms with Crippen LogP contribution in [0.5, 0.6) is 0 Å². The van der Waals surface area contributed by atoms with E-state index >= 15 is 0 Å². The minimum Gasteiger partial charge on any atom is -0.292 e. The molecule has 0 spiro atoms. The van der Waals surface area contributed by atoms with Crippen LogP contribution >= 0.6 is 11.6 Å². The average molecular weight is 195 g/mol. The molecule has 1 nitrogen and oxygen atoms in total. The van der Waals surface area contributed by atoms with Crippen LogP contribution in [0.15, 0.2) is 24.3 Å². The lowest BCUT2D eigenvalue weighted by Gasteiger charge is -2.04. The molecule has 0 fully saturated rings. The Morgan fingerprint density at radius 1 is 1.31 bits per heavy atom. The van der Waals surface area contributed by atoms with Gasteiger partial charge < -0.3 is 0 Å². The highest BCUT2D eigenvalue weighted by atomic mass is 35.5. The number of rotatable bonds is 0. The molecule has 0 N–H and O–H groups in total. The van der Waals surface area contributed by atoms with Crippen LogP contribution < -0.4 is 0 Å². The summed E-state index contributed by atoms with van der Waals surface area (Å²) in [5.74, 6) is 0.0924. The summed E-state index contributed by atoms with van der Waals surface area (Å²) in [6.07, 6.45) is 2.79. The van der Waals surface area contributed by atoms with Crippen LogP contribution in [-0.4, -0.2) is 11.2 Å². The lowest BCUT2D eigenvalue weighted by atomic mass is 10.0. The van der Waals surface area contributed by atoms with Gasteiger partial charge in [0.05, 0.1) is 5.38 Å². The van der Waals surface area contributed by atoms with E-state index in [4.69, 9.17) is 11.6 Å². The number of hydrogen-bond donors (Lipinski definition) is 0. The number of carbonyl (C=O) groups is 1. The van der Waals surface area contributed by atoms with Gasteiger partial charge in [0.25, 0.3) is 0 Å². The van der Waals surface area contributed by atoms with E-state index in [2.05, 4.69) is 0 Å². The minimum atomic E-state index is -0.316. The van der Waals surface area contributed by atoms with Crippen molar-refractivity contribution in [3.8, 4) is 0 Å². The standard InChI is InChI=1S/C11H11ClO/c12-10-7-3-5-8-4-1-2-6-9(8)11(10)13/h1-2,4,6,10H,3,5,7H2. The van der Waals surface area contributed by atoms with E-state index in [1.807, 2.05) is 24.3 Å². The first-order chi connectivity index (χ1) is 6.29. The summed E-state index contributed by atoms with van der Waals surface area (Å²) in [4.78, 5) is 11.7. The van der Waals surface area contributed by atoms with Gasteiger partial charge >= 0.3 is 0 Å². The molecule has 2 heteroatoms. The number of fused-ring (bicyclic) bond motifs is 1. The Labute approximate surface area is 82.7 Å². The monoisotopic (exact) mass is 194 g/mol. The van der Waals surface area contributed by atoms with Gasteiger partial charge in [-0.25, -0.2) is 0 Å². The van der Waals surface area contributed by atoms with Crippen molar-refractivity contribution in [2.24, 2.45) is 0 Å². The number of benzene rings is 1. The lowest BCUT2D eigenvalue weighted by Crippen LogP contribution is -2.13. The van der Waals surface area contributed by atoms with Crippen molar-refractivity contribution in [3.05, 3.63) is 35.4 Å². The Morgan fingerprint density at radius 3 is 2.92 bits per heavy atom. The molecule has 1 aromatic rings. The number of ketones is 1. The zero-order valence-corrected chi connectivity index (χ0v) is 8.05. The zero-order chi connectivity index (χ0) is 9.26. The fourth-order valence-corrected chi connectivity index (χ4v) is 2.02. The predicted molar refractivity (Wildman–Crippen MR) is 53.4 cm³/mol. The van der Waals surface area contributed by atoms with Crippen LogP contribution in [0.4, 0.5) is 0 Å². The van der Waals surface area contributed by atoms with Crippen molar-refractivity contribution in [1.82, 2.24) is 0 Å². The number of Topliss-reactive ketones (excluding diaryl/α,β-unsaturated/α-hetero) is 1. The molecule has 0 radical (unpaired) electrons. The fraction of sp³-hybridized carbons (Fsp3) is 0.364. The van der Waals surface area contributed by atoms with Gasteiger partial charge in [-0.1, -0.05) is 24.3 Å². The Balaban J connectivity index is 2.46. The first-order valence-electron chi connectivity index (χ1n) is 4.55. The Morgan fingerprint density at radius 2 is 2.08 bits per heavy atom. The number of hydrogen-bond acceptors (Lipinski definition) is 1. The maximum Gasteiger partial charge on any atom is 0.180 e. The van der Waals surface area contributed by atoms with Crippen LogP contribution in [-0.2, 0) is 6.42 Å². The van der Waals surface area contributed by atoms with Gasteiger partial charge in [-0.05, 0) is 24.8 Å². The molecule has 1 atom stereocenters. The predicted octanol–water partition coefficient (Wildman–Crippen LogP) is 2.81. The molecule has 0 aliphatic heterocycles. The molecule has 1 aliphatic carbocycles. The highest BCUT2D eigenvalue weighted by Crippen LogP contribution is 2.23. The molecule has 68 valence electrons. The molecule has 0 bridgehead atoms. The third-order valence-electron chi connectivity index (χ3n) is 2.47. The first kappa shape index (κ1) is 8.76. The molecule has 0 heterocycles. The van der Waals surface area contributed by atoms with Crippen molar-refractivity contribution >= 4 is 17.4 Å². The highest BCUT2D eigenvalue weighted by molar-refractivity contribution is 6.34. The maximum absolute atomic E-state index is 11.7. The number of carbonyl (C=O) groups excluding carboxylic acids is 1. The Bertz CT molecular complexity index is 333. The molecule has 0 amide bonds. The van der Waals surface area contributed by atoms with Gasteiger partial charge in [0.2, 0.25) is 0 Å². The van der Waals surface area contributed by atoms with Gasteiger partial charge in [-0.2, -0.15) is 0 Å².